The number of rotatable bonds is 4. The van der Waals surface area contributed by atoms with Crippen molar-refractivity contribution in [1.29, 1.82) is 0 Å². The number of allylic oxidation sites excluding steroid dienone is 1. The molecule has 0 bridgehead atoms. The van der Waals surface area contributed by atoms with Gasteiger partial charge in [0.15, 0.2) is 0 Å². The number of hydrogen-bond donors (Lipinski definition) is 1. The Bertz CT molecular complexity index is 379. The van der Waals surface area contributed by atoms with E-state index in [2.05, 4.69) is 39.3 Å². The number of aromatic nitrogens is 1. The summed E-state index contributed by atoms with van der Waals surface area (Å²) < 4.78 is 0. The molecule has 1 aromatic rings. The van der Waals surface area contributed by atoms with E-state index in [0.29, 0.717) is 17.7 Å². The van der Waals surface area contributed by atoms with Crippen LogP contribution in [0.5, 0.6) is 0 Å². The van der Waals surface area contributed by atoms with E-state index in [0.717, 1.165) is 6.42 Å². The Balaban J connectivity index is 3.42. The molecule has 0 aromatic carbocycles. The van der Waals surface area contributed by atoms with Crippen LogP contribution >= 0.6 is 0 Å². The third-order valence-corrected chi connectivity index (χ3v) is 2.84. The van der Waals surface area contributed by atoms with Gasteiger partial charge < -0.3 is 5.73 Å². The summed E-state index contributed by atoms with van der Waals surface area (Å²) in [6.45, 7) is 12.5. The molecule has 1 aromatic heterocycles. The standard InChI is InChI=1S/C14H22N2/c1-6-7-11-12(9(2)3)8-16-14(15)13(11)10(4)5/h6,8-10H,1,7H2,2-5H3,(H2,15,16). The summed E-state index contributed by atoms with van der Waals surface area (Å²) in [6, 6.07) is 0. The van der Waals surface area contributed by atoms with E-state index in [4.69, 9.17) is 5.73 Å². The van der Waals surface area contributed by atoms with Crippen LogP contribution in [0.25, 0.3) is 0 Å². The fraction of sp³-hybridized carbons (Fsp3) is 0.500. The molecule has 2 N–H and O–H groups in total. The van der Waals surface area contributed by atoms with Gasteiger partial charge in [0.1, 0.15) is 5.82 Å². The van der Waals surface area contributed by atoms with E-state index in [1.165, 1.54) is 16.7 Å². The van der Waals surface area contributed by atoms with E-state index in [-0.39, 0.29) is 0 Å². The fourth-order valence-electron chi connectivity index (χ4n) is 2.11. The zero-order valence-corrected chi connectivity index (χ0v) is 10.7. The van der Waals surface area contributed by atoms with Crippen LogP contribution in [0.3, 0.4) is 0 Å². The third-order valence-electron chi connectivity index (χ3n) is 2.84. The highest BCUT2D eigenvalue weighted by Gasteiger charge is 2.16. The average Bonchev–Trinajstić information content (AvgIpc) is 2.17. The van der Waals surface area contributed by atoms with Crippen LogP contribution in [0, 0.1) is 0 Å². The second-order valence-electron chi connectivity index (χ2n) is 4.79. The molecular formula is C14H22N2. The number of nitrogens with two attached hydrogens (primary N) is 1. The maximum absolute atomic E-state index is 5.98. The predicted octanol–water partition coefficient (Wildman–Crippen LogP) is 3.64. The van der Waals surface area contributed by atoms with E-state index >= 15 is 0 Å². The van der Waals surface area contributed by atoms with Crippen LogP contribution in [-0.2, 0) is 6.42 Å². The van der Waals surface area contributed by atoms with Gasteiger partial charge in [0, 0.05) is 11.8 Å². The fourth-order valence-corrected chi connectivity index (χ4v) is 2.11. The Labute approximate surface area is 98.6 Å². The summed E-state index contributed by atoms with van der Waals surface area (Å²) in [5, 5.41) is 0. The molecule has 1 heterocycles. The van der Waals surface area contributed by atoms with Crippen LogP contribution in [0.15, 0.2) is 18.9 Å². The minimum Gasteiger partial charge on any atom is -0.383 e. The van der Waals surface area contributed by atoms with Crippen LogP contribution in [0.2, 0.25) is 0 Å². The first-order chi connectivity index (χ1) is 7.49. The first kappa shape index (κ1) is 12.8. The van der Waals surface area contributed by atoms with Crippen molar-refractivity contribution in [1.82, 2.24) is 4.98 Å². The Kier molecular flexibility index (Phi) is 4.11. The lowest BCUT2D eigenvalue weighted by Gasteiger charge is -2.19. The number of anilines is 1. The smallest absolute Gasteiger partial charge is 0.127 e. The molecule has 16 heavy (non-hydrogen) atoms. The van der Waals surface area contributed by atoms with E-state index in [1.54, 1.807) is 0 Å². The highest BCUT2D eigenvalue weighted by atomic mass is 14.8. The maximum atomic E-state index is 5.98. The SMILES string of the molecule is C=CCc1c(C(C)C)cnc(N)c1C(C)C. The van der Waals surface area contributed by atoms with Gasteiger partial charge in [-0.05, 0) is 29.4 Å². The molecule has 88 valence electrons. The normalized spacial score (nSPS) is 11.1. The lowest BCUT2D eigenvalue weighted by atomic mass is 9.88. The molecule has 0 radical (unpaired) electrons. The van der Waals surface area contributed by atoms with Gasteiger partial charge >= 0.3 is 0 Å². The Morgan fingerprint density at radius 1 is 1.31 bits per heavy atom. The van der Waals surface area contributed by atoms with Crippen LogP contribution in [-0.4, -0.2) is 4.98 Å². The Hall–Kier alpha value is -1.31. The molecular weight excluding hydrogens is 196 g/mol. The van der Waals surface area contributed by atoms with E-state index in [1.807, 2.05) is 12.3 Å². The van der Waals surface area contributed by atoms with Crippen molar-refractivity contribution in [2.75, 3.05) is 5.73 Å². The molecule has 0 unspecified atom stereocenters. The molecule has 2 heteroatoms. The summed E-state index contributed by atoms with van der Waals surface area (Å²) in [5.41, 5.74) is 9.76. The van der Waals surface area contributed by atoms with Gasteiger partial charge in [-0.3, -0.25) is 0 Å². The number of hydrogen-bond acceptors (Lipinski definition) is 2. The highest BCUT2D eigenvalue weighted by Crippen LogP contribution is 2.30. The summed E-state index contributed by atoms with van der Waals surface area (Å²) >= 11 is 0. The molecule has 0 fully saturated rings. The van der Waals surface area contributed by atoms with E-state index in [9.17, 15) is 0 Å². The van der Waals surface area contributed by atoms with Gasteiger partial charge in [-0.15, -0.1) is 6.58 Å². The highest BCUT2D eigenvalue weighted by molar-refractivity contribution is 5.51. The maximum Gasteiger partial charge on any atom is 0.127 e. The van der Waals surface area contributed by atoms with Crippen molar-refractivity contribution < 1.29 is 0 Å². The van der Waals surface area contributed by atoms with Crippen molar-refractivity contribution in [3.05, 3.63) is 35.5 Å². The van der Waals surface area contributed by atoms with Crippen LogP contribution < -0.4 is 5.73 Å². The number of pyridine rings is 1. The first-order valence-electron chi connectivity index (χ1n) is 5.87. The summed E-state index contributed by atoms with van der Waals surface area (Å²) in [7, 11) is 0. The monoisotopic (exact) mass is 218 g/mol. The molecule has 2 nitrogen and oxygen atoms in total. The molecule has 0 aliphatic carbocycles. The van der Waals surface area contributed by atoms with Gasteiger partial charge in [0.25, 0.3) is 0 Å². The van der Waals surface area contributed by atoms with Gasteiger partial charge in [0.05, 0.1) is 0 Å². The van der Waals surface area contributed by atoms with Gasteiger partial charge in [0.2, 0.25) is 0 Å². The summed E-state index contributed by atoms with van der Waals surface area (Å²) in [4.78, 5) is 4.31. The molecule has 0 spiro atoms. The molecule has 0 atom stereocenters. The van der Waals surface area contributed by atoms with Crippen molar-refractivity contribution in [3.8, 4) is 0 Å². The van der Waals surface area contributed by atoms with Crippen molar-refractivity contribution >= 4 is 5.82 Å². The zero-order valence-electron chi connectivity index (χ0n) is 10.7. The van der Waals surface area contributed by atoms with Crippen molar-refractivity contribution in [2.45, 2.75) is 46.0 Å². The van der Waals surface area contributed by atoms with Crippen molar-refractivity contribution in [3.63, 3.8) is 0 Å². The molecule has 0 amide bonds. The second kappa shape index (κ2) is 5.15. The molecule has 1 rings (SSSR count). The van der Waals surface area contributed by atoms with E-state index < -0.39 is 0 Å². The van der Waals surface area contributed by atoms with Gasteiger partial charge in [-0.25, -0.2) is 4.98 Å². The number of nitrogen functional groups attached to an aromatic ring is 1. The van der Waals surface area contributed by atoms with Crippen molar-refractivity contribution in [2.24, 2.45) is 0 Å². The first-order valence-corrected chi connectivity index (χ1v) is 5.87. The molecule has 0 aliphatic heterocycles. The number of nitrogens with zero attached hydrogens (tertiary/aromatic N) is 1. The quantitative estimate of drug-likeness (QED) is 0.784. The largest absolute Gasteiger partial charge is 0.383 e. The zero-order chi connectivity index (χ0) is 12.3. The Morgan fingerprint density at radius 3 is 2.38 bits per heavy atom. The molecule has 0 saturated heterocycles. The minimum absolute atomic E-state index is 0.404. The van der Waals surface area contributed by atoms with Gasteiger partial charge in [-0.1, -0.05) is 33.8 Å². The van der Waals surface area contributed by atoms with Crippen LogP contribution in [0.1, 0.15) is 56.2 Å². The topological polar surface area (TPSA) is 38.9 Å². The minimum atomic E-state index is 0.404. The Morgan fingerprint density at radius 2 is 1.94 bits per heavy atom. The second-order valence-corrected chi connectivity index (χ2v) is 4.79. The summed E-state index contributed by atoms with van der Waals surface area (Å²) in [5.74, 6) is 1.54. The van der Waals surface area contributed by atoms with Crippen LogP contribution in [0.4, 0.5) is 5.82 Å². The molecule has 0 saturated carbocycles. The molecule has 0 aliphatic rings. The summed E-state index contributed by atoms with van der Waals surface area (Å²) in [6.07, 6.45) is 4.71. The lowest BCUT2D eigenvalue weighted by Crippen LogP contribution is -2.08. The van der Waals surface area contributed by atoms with Gasteiger partial charge in [-0.2, -0.15) is 0 Å². The average molecular weight is 218 g/mol. The lowest BCUT2D eigenvalue weighted by molar-refractivity contribution is 0.799. The predicted molar refractivity (Wildman–Crippen MR) is 70.7 cm³/mol. The third kappa shape index (κ3) is 2.43.